The van der Waals surface area contributed by atoms with E-state index in [-0.39, 0.29) is 16.6 Å². The first kappa shape index (κ1) is 13.9. The zero-order valence-corrected chi connectivity index (χ0v) is 11.1. The van der Waals surface area contributed by atoms with E-state index < -0.39 is 28.7 Å². The lowest BCUT2D eigenvalue weighted by Gasteiger charge is -2.15. The van der Waals surface area contributed by atoms with Crippen LogP contribution in [-0.4, -0.2) is 15.6 Å². The summed E-state index contributed by atoms with van der Waals surface area (Å²) in [5.41, 5.74) is -1.08. The Balaban J connectivity index is 2.55. The van der Waals surface area contributed by atoms with Crippen molar-refractivity contribution in [3.63, 3.8) is 0 Å². The van der Waals surface area contributed by atoms with Crippen molar-refractivity contribution in [3.05, 3.63) is 76.1 Å². The Bertz CT molecular complexity index is 963. The number of carbonyl (C=O) groups is 1. The number of aromatic carboxylic acids is 1. The number of carboxylic acids is 1. The summed E-state index contributed by atoms with van der Waals surface area (Å²) in [5.74, 6) is -2.75. The standard InChI is InChI=1S/C16H9F2NO3/c17-9-5-6-10-13(7-9)19(12-4-2-1-3-11(12)18)14(16(21)22)8-15(10)20/h1-8H,(H,21,22). The summed E-state index contributed by atoms with van der Waals surface area (Å²) in [4.78, 5) is 23.4. The lowest BCUT2D eigenvalue weighted by Crippen LogP contribution is -2.17. The Kier molecular flexibility index (Phi) is 3.21. The number of fused-ring (bicyclic) bond motifs is 1. The number of benzene rings is 2. The summed E-state index contributed by atoms with van der Waals surface area (Å²) in [6, 6.07) is 9.73. The molecule has 0 radical (unpaired) electrons. The van der Waals surface area contributed by atoms with Crippen molar-refractivity contribution < 1.29 is 18.7 Å². The van der Waals surface area contributed by atoms with Gasteiger partial charge in [-0.05, 0) is 30.3 Å². The molecule has 2 aromatic carbocycles. The zero-order chi connectivity index (χ0) is 15.9. The molecule has 0 unspecified atom stereocenters. The van der Waals surface area contributed by atoms with Crippen LogP contribution >= 0.6 is 0 Å². The molecule has 0 amide bonds. The molecule has 0 aliphatic carbocycles. The summed E-state index contributed by atoms with van der Waals surface area (Å²) in [7, 11) is 0. The molecule has 0 spiro atoms. The zero-order valence-electron chi connectivity index (χ0n) is 11.1. The fraction of sp³-hybridized carbons (Fsp3) is 0. The molecule has 1 N–H and O–H groups in total. The highest BCUT2D eigenvalue weighted by Crippen LogP contribution is 2.22. The molecule has 1 heterocycles. The van der Waals surface area contributed by atoms with Crippen LogP contribution in [0.5, 0.6) is 0 Å². The van der Waals surface area contributed by atoms with Gasteiger partial charge >= 0.3 is 5.97 Å². The molecule has 0 fully saturated rings. The second-order valence-corrected chi connectivity index (χ2v) is 4.65. The highest BCUT2D eigenvalue weighted by atomic mass is 19.1. The van der Waals surface area contributed by atoms with E-state index in [2.05, 4.69) is 0 Å². The second-order valence-electron chi connectivity index (χ2n) is 4.65. The van der Waals surface area contributed by atoms with Crippen LogP contribution in [0, 0.1) is 11.6 Å². The molecular formula is C16H9F2NO3. The van der Waals surface area contributed by atoms with E-state index in [1.54, 1.807) is 0 Å². The molecule has 0 atom stereocenters. The fourth-order valence-electron chi connectivity index (χ4n) is 2.34. The quantitative estimate of drug-likeness (QED) is 0.791. The van der Waals surface area contributed by atoms with Gasteiger partial charge in [0.05, 0.1) is 11.2 Å². The number of pyridine rings is 1. The maximum atomic E-state index is 14.1. The molecule has 0 bridgehead atoms. The summed E-state index contributed by atoms with van der Waals surface area (Å²) in [6.07, 6.45) is 0. The summed E-state index contributed by atoms with van der Waals surface area (Å²) in [6.45, 7) is 0. The number of hydrogen-bond donors (Lipinski definition) is 1. The van der Waals surface area contributed by atoms with E-state index in [0.717, 1.165) is 28.8 Å². The molecule has 3 rings (SSSR count). The smallest absolute Gasteiger partial charge is 0.353 e. The van der Waals surface area contributed by atoms with Gasteiger partial charge in [0, 0.05) is 11.5 Å². The van der Waals surface area contributed by atoms with Crippen molar-refractivity contribution in [3.8, 4) is 5.69 Å². The number of nitrogens with zero attached hydrogens (tertiary/aromatic N) is 1. The summed E-state index contributed by atoms with van der Waals surface area (Å²) < 4.78 is 28.6. The van der Waals surface area contributed by atoms with Gasteiger partial charge in [-0.3, -0.25) is 4.79 Å². The topological polar surface area (TPSA) is 59.3 Å². The van der Waals surface area contributed by atoms with E-state index in [4.69, 9.17) is 0 Å². The van der Waals surface area contributed by atoms with E-state index in [1.165, 1.54) is 24.3 Å². The van der Waals surface area contributed by atoms with Crippen molar-refractivity contribution in [2.45, 2.75) is 0 Å². The van der Waals surface area contributed by atoms with Crippen molar-refractivity contribution in [1.29, 1.82) is 0 Å². The number of halogens is 2. The van der Waals surface area contributed by atoms with Crippen LogP contribution in [0.25, 0.3) is 16.6 Å². The first-order chi connectivity index (χ1) is 10.5. The van der Waals surface area contributed by atoms with Gasteiger partial charge in [0.1, 0.15) is 17.3 Å². The lowest BCUT2D eigenvalue weighted by molar-refractivity contribution is 0.0687. The Morgan fingerprint density at radius 2 is 1.77 bits per heavy atom. The Labute approximate surface area is 122 Å². The van der Waals surface area contributed by atoms with Gasteiger partial charge in [0.25, 0.3) is 0 Å². The molecule has 3 aromatic rings. The Morgan fingerprint density at radius 3 is 2.45 bits per heavy atom. The minimum atomic E-state index is -1.41. The second kappa shape index (κ2) is 5.07. The van der Waals surface area contributed by atoms with Crippen LogP contribution in [0.3, 0.4) is 0 Å². The molecule has 110 valence electrons. The molecule has 4 nitrogen and oxygen atoms in total. The highest BCUT2D eigenvalue weighted by molar-refractivity contribution is 5.92. The molecule has 1 aromatic heterocycles. The van der Waals surface area contributed by atoms with Gasteiger partial charge in [0.15, 0.2) is 5.43 Å². The molecule has 6 heteroatoms. The number of para-hydroxylation sites is 1. The average molecular weight is 301 g/mol. The third-order valence-electron chi connectivity index (χ3n) is 3.29. The van der Waals surface area contributed by atoms with Gasteiger partial charge in [-0.25, -0.2) is 13.6 Å². The highest BCUT2D eigenvalue weighted by Gasteiger charge is 2.18. The van der Waals surface area contributed by atoms with Crippen LogP contribution in [-0.2, 0) is 0 Å². The lowest BCUT2D eigenvalue weighted by atomic mass is 10.1. The molecule has 0 aliphatic heterocycles. The molecular weight excluding hydrogens is 292 g/mol. The minimum Gasteiger partial charge on any atom is -0.477 e. The predicted molar refractivity (Wildman–Crippen MR) is 76.4 cm³/mol. The van der Waals surface area contributed by atoms with Gasteiger partial charge in [-0.2, -0.15) is 0 Å². The molecule has 22 heavy (non-hydrogen) atoms. The van der Waals surface area contributed by atoms with Crippen LogP contribution in [0.4, 0.5) is 8.78 Å². The summed E-state index contributed by atoms with van der Waals surface area (Å²) >= 11 is 0. The van der Waals surface area contributed by atoms with Crippen molar-refractivity contribution in [2.24, 2.45) is 0 Å². The maximum Gasteiger partial charge on any atom is 0.353 e. The minimum absolute atomic E-state index is 0.00463. The third-order valence-corrected chi connectivity index (χ3v) is 3.29. The van der Waals surface area contributed by atoms with Gasteiger partial charge < -0.3 is 9.67 Å². The van der Waals surface area contributed by atoms with Crippen molar-refractivity contribution in [2.75, 3.05) is 0 Å². The van der Waals surface area contributed by atoms with Crippen LogP contribution < -0.4 is 5.43 Å². The number of rotatable bonds is 2. The number of hydrogen-bond acceptors (Lipinski definition) is 2. The Hall–Kier alpha value is -3.02. The first-order valence-corrected chi connectivity index (χ1v) is 6.32. The number of aromatic nitrogens is 1. The van der Waals surface area contributed by atoms with Crippen molar-refractivity contribution in [1.82, 2.24) is 4.57 Å². The summed E-state index contributed by atoms with van der Waals surface area (Å²) in [5, 5.41) is 9.40. The van der Waals surface area contributed by atoms with Gasteiger partial charge in [0.2, 0.25) is 0 Å². The molecule has 0 saturated carbocycles. The average Bonchev–Trinajstić information content (AvgIpc) is 2.48. The maximum absolute atomic E-state index is 14.1. The third kappa shape index (κ3) is 2.14. The van der Waals surface area contributed by atoms with E-state index in [0.29, 0.717) is 0 Å². The van der Waals surface area contributed by atoms with E-state index >= 15 is 0 Å². The molecule has 0 aliphatic rings. The fourth-order valence-corrected chi connectivity index (χ4v) is 2.34. The number of carboxylic acid groups (broad SMARTS) is 1. The van der Waals surface area contributed by atoms with E-state index in [1.807, 2.05) is 0 Å². The first-order valence-electron chi connectivity index (χ1n) is 6.32. The predicted octanol–water partition coefficient (Wildman–Crippen LogP) is 2.97. The monoisotopic (exact) mass is 301 g/mol. The van der Waals surface area contributed by atoms with Gasteiger partial charge in [-0.15, -0.1) is 0 Å². The van der Waals surface area contributed by atoms with E-state index in [9.17, 15) is 23.5 Å². The SMILES string of the molecule is O=C(O)c1cc(=O)c2ccc(F)cc2n1-c1ccccc1F. The van der Waals surface area contributed by atoms with Crippen LogP contribution in [0.2, 0.25) is 0 Å². The van der Waals surface area contributed by atoms with Crippen LogP contribution in [0.15, 0.2) is 53.3 Å². The normalized spacial score (nSPS) is 10.8. The Morgan fingerprint density at radius 1 is 1.05 bits per heavy atom. The van der Waals surface area contributed by atoms with Gasteiger partial charge in [-0.1, -0.05) is 12.1 Å². The van der Waals surface area contributed by atoms with Crippen LogP contribution in [0.1, 0.15) is 10.5 Å². The largest absolute Gasteiger partial charge is 0.477 e. The van der Waals surface area contributed by atoms with Crippen molar-refractivity contribution >= 4 is 16.9 Å². The molecule has 0 saturated heterocycles.